The molecule has 0 fully saturated rings. The summed E-state index contributed by atoms with van der Waals surface area (Å²) in [4.78, 5) is 0.804. The largest absolute Gasteiger partial charge is 0.377 e. The van der Waals surface area contributed by atoms with Gasteiger partial charge in [-0.1, -0.05) is 44.7 Å². The van der Waals surface area contributed by atoms with Gasteiger partial charge >= 0.3 is 0 Å². The maximum absolute atomic E-state index is 13.3. The monoisotopic (exact) mass is 364 g/mol. The van der Waals surface area contributed by atoms with Crippen LogP contribution in [-0.2, 0) is 5.92 Å². The highest BCUT2D eigenvalue weighted by atomic mass is 32.2. The third-order valence-corrected chi connectivity index (χ3v) is 5.55. The van der Waals surface area contributed by atoms with Gasteiger partial charge in [-0.25, -0.2) is 8.78 Å². The first-order valence-corrected chi connectivity index (χ1v) is 9.18. The van der Waals surface area contributed by atoms with E-state index in [2.05, 4.69) is 31.8 Å². The maximum atomic E-state index is 13.3. The molecule has 0 saturated carbocycles. The summed E-state index contributed by atoms with van der Waals surface area (Å²) in [5.74, 6) is -2.55. The minimum atomic E-state index is -2.85. The molecule has 1 unspecified atom stereocenters. The molecule has 136 valence electrons. The maximum Gasteiger partial charge on any atom is 0.270 e. The molecule has 0 saturated heterocycles. The van der Waals surface area contributed by atoms with Crippen LogP contribution in [0, 0.1) is 17.2 Å². The smallest absolute Gasteiger partial charge is 0.270 e. The van der Waals surface area contributed by atoms with Gasteiger partial charge in [-0.3, -0.25) is 0 Å². The van der Waals surface area contributed by atoms with E-state index < -0.39 is 5.92 Å². The van der Waals surface area contributed by atoms with Gasteiger partial charge in [-0.15, -0.1) is 11.8 Å². The summed E-state index contributed by atoms with van der Waals surface area (Å²) >= 11 is 1.57. The molecule has 1 aromatic rings. The van der Waals surface area contributed by atoms with Crippen molar-refractivity contribution in [1.82, 2.24) is 5.32 Å². The summed E-state index contributed by atoms with van der Waals surface area (Å²) in [5.41, 5.74) is 2.37. The molecular formula is C20H26F2N2S. The second-order valence-electron chi connectivity index (χ2n) is 6.37. The predicted molar refractivity (Wildman–Crippen MR) is 103 cm³/mol. The van der Waals surface area contributed by atoms with Crippen molar-refractivity contribution < 1.29 is 8.78 Å². The molecule has 0 heterocycles. The van der Waals surface area contributed by atoms with Gasteiger partial charge in [-0.05, 0) is 30.9 Å². The molecule has 25 heavy (non-hydrogen) atoms. The van der Waals surface area contributed by atoms with Crippen LogP contribution in [-0.4, -0.2) is 11.8 Å². The van der Waals surface area contributed by atoms with Crippen LogP contribution in [0.2, 0.25) is 0 Å². The van der Waals surface area contributed by atoms with E-state index in [0.717, 1.165) is 23.0 Å². The van der Waals surface area contributed by atoms with Crippen LogP contribution in [0.4, 0.5) is 8.78 Å². The quantitative estimate of drug-likeness (QED) is 0.580. The molecule has 2 nitrogen and oxygen atoms in total. The average Bonchev–Trinajstić information content (AvgIpc) is 2.55. The SMILES string of the molecule is C=C(SC(/C(C)=C(\C#N)NCC)C(C)C)c1ccc(C(C)(F)F)cc1. The Kier molecular flexibility index (Phi) is 7.69. The number of nitrogens with zero attached hydrogens (tertiary/aromatic N) is 1. The first kappa shape index (κ1) is 21.2. The van der Waals surface area contributed by atoms with Crippen molar-refractivity contribution in [2.75, 3.05) is 6.54 Å². The normalized spacial score (nSPS) is 13.9. The Morgan fingerprint density at radius 3 is 2.28 bits per heavy atom. The molecule has 5 heteroatoms. The fourth-order valence-electron chi connectivity index (χ4n) is 2.48. The van der Waals surface area contributed by atoms with Crippen molar-refractivity contribution in [1.29, 1.82) is 5.26 Å². The third kappa shape index (κ3) is 5.89. The number of rotatable bonds is 8. The lowest BCUT2D eigenvalue weighted by atomic mass is 10.0. The van der Waals surface area contributed by atoms with Gasteiger partial charge in [0.05, 0.1) is 0 Å². The molecule has 1 aromatic carbocycles. The summed E-state index contributed by atoms with van der Waals surface area (Å²) in [7, 11) is 0. The second-order valence-corrected chi connectivity index (χ2v) is 7.61. The van der Waals surface area contributed by atoms with Crippen molar-refractivity contribution in [2.24, 2.45) is 5.92 Å². The molecule has 0 bridgehead atoms. The highest BCUT2D eigenvalue weighted by Crippen LogP contribution is 2.38. The van der Waals surface area contributed by atoms with Crippen LogP contribution in [0.5, 0.6) is 0 Å². The predicted octanol–water partition coefficient (Wildman–Crippen LogP) is 5.93. The van der Waals surface area contributed by atoms with Gasteiger partial charge in [0.15, 0.2) is 0 Å². The fraction of sp³-hybridized carbons (Fsp3) is 0.450. The number of nitrogens with one attached hydrogen (secondary N) is 1. The van der Waals surface area contributed by atoms with E-state index in [-0.39, 0.29) is 10.8 Å². The van der Waals surface area contributed by atoms with E-state index in [4.69, 9.17) is 0 Å². The van der Waals surface area contributed by atoms with Crippen LogP contribution < -0.4 is 5.32 Å². The van der Waals surface area contributed by atoms with Crippen molar-refractivity contribution >= 4 is 16.7 Å². The Balaban J connectivity index is 3.03. The van der Waals surface area contributed by atoms with Crippen molar-refractivity contribution in [3.05, 3.63) is 53.2 Å². The number of hydrogen-bond acceptors (Lipinski definition) is 3. The molecule has 0 aliphatic heterocycles. The lowest BCUT2D eigenvalue weighted by Crippen LogP contribution is -2.20. The Bertz CT molecular complexity index is 664. The zero-order chi connectivity index (χ0) is 19.2. The minimum Gasteiger partial charge on any atom is -0.377 e. The first-order valence-electron chi connectivity index (χ1n) is 8.30. The van der Waals surface area contributed by atoms with E-state index in [1.54, 1.807) is 23.9 Å². The molecular weight excluding hydrogens is 338 g/mol. The molecule has 1 atom stereocenters. The number of halogens is 2. The molecule has 0 aliphatic rings. The lowest BCUT2D eigenvalue weighted by molar-refractivity contribution is 0.0175. The minimum absolute atomic E-state index is 0.00977. The number of benzene rings is 1. The van der Waals surface area contributed by atoms with Gasteiger partial charge in [-0.2, -0.15) is 5.26 Å². The summed E-state index contributed by atoms with van der Waals surface area (Å²) in [6.07, 6.45) is 0. The second kappa shape index (κ2) is 9.05. The van der Waals surface area contributed by atoms with E-state index in [1.807, 2.05) is 13.8 Å². The van der Waals surface area contributed by atoms with Crippen LogP contribution in [0.15, 0.2) is 42.1 Å². The zero-order valence-electron chi connectivity index (χ0n) is 15.5. The molecule has 1 rings (SSSR count). The molecule has 0 spiro atoms. The Morgan fingerprint density at radius 1 is 1.32 bits per heavy atom. The first-order chi connectivity index (χ1) is 11.6. The van der Waals surface area contributed by atoms with Gasteiger partial charge in [0.25, 0.3) is 5.92 Å². The summed E-state index contributed by atoms with van der Waals surface area (Å²) in [6.45, 7) is 13.8. The number of alkyl halides is 2. The van der Waals surface area contributed by atoms with E-state index in [9.17, 15) is 14.0 Å². The summed E-state index contributed by atoms with van der Waals surface area (Å²) in [6, 6.07) is 8.44. The van der Waals surface area contributed by atoms with E-state index in [1.165, 1.54) is 12.1 Å². The third-order valence-electron chi connectivity index (χ3n) is 3.87. The molecule has 0 radical (unpaired) electrons. The molecule has 1 N–H and O–H groups in total. The van der Waals surface area contributed by atoms with E-state index >= 15 is 0 Å². The van der Waals surface area contributed by atoms with Crippen LogP contribution in [0.25, 0.3) is 4.91 Å². The Labute approximate surface area is 154 Å². The number of allylic oxidation sites excluding steroid dienone is 1. The van der Waals surface area contributed by atoms with Crippen molar-refractivity contribution in [3.8, 4) is 6.07 Å². The molecule has 0 aromatic heterocycles. The number of thioether (sulfide) groups is 1. The molecule has 0 aliphatic carbocycles. The molecule has 0 amide bonds. The van der Waals surface area contributed by atoms with Crippen LogP contribution >= 0.6 is 11.8 Å². The zero-order valence-corrected chi connectivity index (χ0v) is 16.3. The van der Waals surface area contributed by atoms with Crippen molar-refractivity contribution in [2.45, 2.75) is 45.8 Å². The summed E-state index contributed by atoms with van der Waals surface area (Å²) < 4.78 is 26.7. The van der Waals surface area contributed by atoms with Gasteiger partial charge < -0.3 is 5.32 Å². The topological polar surface area (TPSA) is 35.8 Å². The standard InChI is InChI=1S/C20H26F2N2S/c1-7-24-18(12-23)14(4)19(13(2)3)25-15(5)16-8-10-17(11-9-16)20(6,21)22/h8-11,13,19,24H,5,7H2,1-4,6H3/b18-14+. The van der Waals surface area contributed by atoms with Crippen LogP contribution in [0.1, 0.15) is 45.7 Å². The van der Waals surface area contributed by atoms with Gasteiger partial charge in [0, 0.05) is 29.2 Å². The Morgan fingerprint density at radius 2 is 1.88 bits per heavy atom. The Hall–Kier alpha value is -1.80. The number of hydrogen-bond donors (Lipinski definition) is 1. The highest BCUT2D eigenvalue weighted by Gasteiger charge is 2.24. The van der Waals surface area contributed by atoms with Crippen molar-refractivity contribution in [3.63, 3.8) is 0 Å². The fourth-order valence-corrected chi connectivity index (χ4v) is 3.63. The van der Waals surface area contributed by atoms with Gasteiger partial charge in [0.1, 0.15) is 11.8 Å². The van der Waals surface area contributed by atoms with E-state index in [0.29, 0.717) is 18.2 Å². The highest BCUT2D eigenvalue weighted by molar-refractivity contribution is 8.09. The number of nitriles is 1. The van der Waals surface area contributed by atoms with Gasteiger partial charge in [0.2, 0.25) is 0 Å². The van der Waals surface area contributed by atoms with Crippen LogP contribution in [0.3, 0.4) is 0 Å². The lowest BCUT2D eigenvalue weighted by Gasteiger charge is -2.24. The average molecular weight is 365 g/mol. The summed E-state index contributed by atoms with van der Waals surface area (Å²) in [5, 5.41) is 12.5.